The summed E-state index contributed by atoms with van der Waals surface area (Å²) in [6.45, 7) is 0. The van der Waals surface area contributed by atoms with Crippen molar-refractivity contribution in [2.24, 2.45) is 0 Å². The first kappa shape index (κ1) is 24.5. The molecule has 4 aromatic carbocycles. The number of pyridine rings is 3. The van der Waals surface area contributed by atoms with Gasteiger partial charge < -0.3 is 9.13 Å². The highest BCUT2D eigenvalue weighted by Crippen LogP contribution is 2.40. The Bertz CT molecular complexity index is 2280. The Morgan fingerprint density at radius 1 is 0.364 bits per heavy atom. The van der Waals surface area contributed by atoms with Crippen LogP contribution in [0, 0.1) is 0 Å². The van der Waals surface area contributed by atoms with E-state index in [0.717, 1.165) is 77.6 Å². The molecule has 0 aliphatic rings. The number of hydrogen-bond donors (Lipinski definition) is 0. The maximum atomic E-state index is 5.09. The first-order chi connectivity index (χ1) is 21.8. The SMILES string of the molecule is c1ccc(-c2ccc(-n3c4ccccc4c4cnc5c6ccccc6n(-c6ccc(-c7ccccc7)nc6)c5c43)cn2)cc1. The fraction of sp³-hybridized carbons (Fsp3) is 0. The molecule has 0 fully saturated rings. The van der Waals surface area contributed by atoms with Gasteiger partial charge in [-0.05, 0) is 36.4 Å². The van der Waals surface area contributed by atoms with E-state index in [0.29, 0.717) is 0 Å². The molecule has 0 N–H and O–H groups in total. The van der Waals surface area contributed by atoms with Gasteiger partial charge in [0.1, 0.15) is 0 Å². The number of nitrogens with zero attached hydrogens (tertiary/aromatic N) is 5. The Kier molecular flexibility index (Phi) is 5.43. The molecule has 0 radical (unpaired) electrons. The van der Waals surface area contributed by atoms with Crippen LogP contribution >= 0.6 is 0 Å². The van der Waals surface area contributed by atoms with Crippen LogP contribution in [0.5, 0.6) is 0 Å². The third-order valence-corrected chi connectivity index (χ3v) is 8.46. The minimum absolute atomic E-state index is 0.942. The average Bonchev–Trinajstić information content (AvgIpc) is 3.62. The summed E-state index contributed by atoms with van der Waals surface area (Å²) in [5, 5.41) is 3.35. The van der Waals surface area contributed by atoms with Crippen molar-refractivity contribution in [1.82, 2.24) is 24.1 Å². The quantitative estimate of drug-likeness (QED) is 0.214. The van der Waals surface area contributed by atoms with Crippen molar-refractivity contribution in [3.05, 3.63) is 152 Å². The van der Waals surface area contributed by atoms with Gasteiger partial charge >= 0.3 is 0 Å². The minimum atomic E-state index is 0.942. The fourth-order valence-electron chi connectivity index (χ4n) is 6.46. The van der Waals surface area contributed by atoms with Crippen molar-refractivity contribution in [3.63, 3.8) is 0 Å². The molecule has 44 heavy (non-hydrogen) atoms. The van der Waals surface area contributed by atoms with Gasteiger partial charge in [-0.3, -0.25) is 15.0 Å². The number of fused-ring (bicyclic) bond motifs is 7. The highest BCUT2D eigenvalue weighted by molar-refractivity contribution is 6.22. The predicted molar refractivity (Wildman–Crippen MR) is 179 cm³/mol. The largest absolute Gasteiger partial charge is 0.306 e. The molecule has 9 rings (SSSR count). The number of para-hydroxylation sites is 2. The lowest BCUT2D eigenvalue weighted by Gasteiger charge is -2.12. The molecule has 9 aromatic rings. The molecule has 0 saturated carbocycles. The van der Waals surface area contributed by atoms with E-state index in [1.165, 1.54) is 0 Å². The number of benzene rings is 4. The van der Waals surface area contributed by atoms with E-state index < -0.39 is 0 Å². The van der Waals surface area contributed by atoms with Crippen molar-refractivity contribution >= 4 is 43.7 Å². The van der Waals surface area contributed by atoms with Crippen molar-refractivity contribution in [2.45, 2.75) is 0 Å². The molecule has 5 aromatic heterocycles. The second kappa shape index (κ2) is 9.75. The monoisotopic (exact) mass is 563 g/mol. The molecule has 0 aliphatic carbocycles. The fourth-order valence-corrected chi connectivity index (χ4v) is 6.46. The lowest BCUT2D eigenvalue weighted by atomic mass is 10.1. The molecule has 5 nitrogen and oxygen atoms in total. The Balaban J connectivity index is 1.35. The van der Waals surface area contributed by atoms with Gasteiger partial charge in [0, 0.05) is 33.5 Å². The first-order valence-corrected chi connectivity index (χ1v) is 14.7. The molecule has 5 heterocycles. The van der Waals surface area contributed by atoms with Gasteiger partial charge in [-0.15, -0.1) is 0 Å². The zero-order chi connectivity index (χ0) is 29.0. The highest BCUT2D eigenvalue weighted by atomic mass is 15.1. The summed E-state index contributed by atoms with van der Waals surface area (Å²) in [7, 11) is 0. The molecule has 0 aliphatic heterocycles. The lowest BCUT2D eigenvalue weighted by Crippen LogP contribution is -2.00. The van der Waals surface area contributed by atoms with Gasteiger partial charge in [-0.25, -0.2) is 0 Å². The smallest absolute Gasteiger partial charge is 0.0985 e. The van der Waals surface area contributed by atoms with Crippen LogP contribution in [0.3, 0.4) is 0 Å². The second-order valence-electron chi connectivity index (χ2n) is 11.0. The maximum absolute atomic E-state index is 5.09. The number of aromatic nitrogens is 5. The van der Waals surface area contributed by atoms with Gasteiger partial charge in [0.15, 0.2) is 0 Å². The summed E-state index contributed by atoms with van der Waals surface area (Å²) in [4.78, 5) is 14.9. The normalized spacial score (nSPS) is 11.6. The molecule has 206 valence electrons. The topological polar surface area (TPSA) is 48.5 Å². The molecule has 0 saturated heterocycles. The van der Waals surface area contributed by atoms with Gasteiger partial charge in [-0.2, -0.15) is 0 Å². The zero-order valence-electron chi connectivity index (χ0n) is 23.7. The molecule has 0 bridgehead atoms. The summed E-state index contributed by atoms with van der Waals surface area (Å²) in [5.74, 6) is 0. The van der Waals surface area contributed by atoms with Crippen LogP contribution in [0.25, 0.3) is 77.6 Å². The molecular weight excluding hydrogens is 538 g/mol. The number of hydrogen-bond acceptors (Lipinski definition) is 3. The Hall–Kier alpha value is -6.07. The Morgan fingerprint density at radius 3 is 1.43 bits per heavy atom. The molecule has 0 amide bonds. The zero-order valence-corrected chi connectivity index (χ0v) is 23.7. The highest BCUT2D eigenvalue weighted by Gasteiger charge is 2.22. The van der Waals surface area contributed by atoms with Crippen LogP contribution in [0.2, 0.25) is 0 Å². The van der Waals surface area contributed by atoms with Crippen molar-refractivity contribution in [3.8, 4) is 33.9 Å². The average molecular weight is 564 g/mol. The standard InChI is InChI=1S/C39H25N5/c1-3-11-26(12-4-1)33-21-19-28(23-40-33)43-35-17-9-7-15-30(35)32-25-42-37-31-16-8-10-18-36(31)44(39(37)38(32)43)29-20-22-34(41-24-29)27-13-5-2-6-14-27/h1-25H. The van der Waals surface area contributed by atoms with E-state index in [1.807, 2.05) is 55.0 Å². The predicted octanol–water partition coefficient (Wildman–Crippen LogP) is 9.40. The van der Waals surface area contributed by atoms with Crippen LogP contribution in [0.15, 0.2) is 152 Å². The summed E-state index contributed by atoms with van der Waals surface area (Å²) in [5.41, 5.74) is 11.4. The summed E-state index contributed by atoms with van der Waals surface area (Å²) in [6.07, 6.45) is 5.97. The van der Waals surface area contributed by atoms with Gasteiger partial charge in [-0.1, -0.05) is 97.1 Å². The van der Waals surface area contributed by atoms with E-state index >= 15 is 0 Å². The summed E-state index contributed by atoms with van der Waals surface area (Å²) < 4.78 is 4.64. The number of rotatable bonds is 4. The van der Waals surface area contributed by atoms with E-state index in [1.54, 1.807) is 0 Å². The first-order valence-electron chi connectivity index (χ1n) is 14.7. The summed E-state index contributed by atoms with van der Waals surface area (Å²) >= 11 is 0. The van der Waals surface area contributed by atoms with Crippen LogP contribution in [0.4, 0.5) is 0 Å². The third-order valence-electron chi connectivity index (χ3n) is 8.46. The molecule has 5 heteroatoms. The van der Waals surface area contributed by atoms with Crippen LogP contribution in [-0.4, -0.2) is 24.1 Å². The Labute approximate surface area is 253 Å². The van der Waals surface area contributed by atoms with Gasteiger partial charge in [0.25, 0.3) is 0 Å². The van der Waals surface area contributed by atoms with E-state index in [2.05, 4.69) is 106 Å². The maximum Gasteiger partial charge on any atom is 0.0985 e. The van der Waals surface area contributed by atoms with Crippen LogP contribution < -0.4 is 0 Å². The van der Waals surface area contributed by atoms with Crippen molar-refractivity contribution in [2.75, 3.05) is 0 Å². The second-order valence-corrected chi connectivity index (χ2v) is 11.0. The van der Waals surface area contributed by atoms with E-state index in [-0.39, 0.29) is 0 Å². The molecular formula is C39H25N5. The summed E-state index contributed by atoms with van der Waals surface area (Å²) in [6, 6.07) is 46.1. The van der Waals surface area contributed by atoms with Gasteiger partial charge in [0.2, 0.25) is 0 Å². The van der Waals surface area contributed by atoms with Crippen LogP contribution in [0.1, 0.15) is 0 Å². The minimum Gasteiger partial charge on any atom is -0.306 e. The third kappa shape index (κ3) is 3.69. The molecule has 0 spiro atoms. The van der Waals surface area contributed by atoms with Crippen LogP contribution in [-0.2, 0) is 0 Å². The molecule has 0 atom stereocenters. The van der Waals surface area contributed by atoms with Crippen molar-refractivity contribution < 1.29 is 0 Å². The lowest BCUT2D eigenvalue weighted by molar-refractivity contribution is 1.11. The van der Waals surface area contributed by atoms with Gasteiger partial charge in [0.05, 0.1) is 62.7 Å². The van der Waals surface area contributed by atoms with Crippen molar-refractivity contribution in [1.29, 1.82) is 0 Å². The Morgan fingerprint density at radius 2 is 0.864 bits per heavy atom. The van der Waals surface area contributed by atoms with E-state index in [4.69, 9.17) is 15.0 Å². The van der Waals surface area contributed by atoms with E-state index in [9.17, 15) is 0 Å². The molecule has 0 unspecified atom stereocenters.